The molecule has 0 bridgehead atoms. The summed E-state index contributed by atoms with van der Waals surface area (Å²) in [5.74, 6) is -3.95. The van der Waals surface area contributed by atoms with E-state index in [1.807, 2.05) is 6.92 Å². The van der Waals surface area contributed by atoms with E-state index in [0.717, 1.165) is 6.42 Å². The number of nitrogens with one attached hydrogen (secondary N) is 1. The molecule has 0 aliphatic carbocycles. The molecule has 0 spiro atoms. The van der Waals surface area contributed by atoms with Crippen molar-refractivity contribution in [3.05, 3.63) is 0 Å². The molecule has 0 aromatic carbocycles. The molecule has 3 N–H and O–H groups in total. The van der Waals surface area contributed by atoms with Crippen molar-refractivity contribution >= 4 is 0 Å². The van der Waals surface area contributed by atoms with E-state index in [2.05, 4.69) is 5.32 Å². The van der Waals surface area contributed by atoms with E-state index in [1.54, 1.807) is 0 Å². The van der Waals surface area contributed by atoms with Crippen LogP contribution in [0.25, 0.3) is 0 Å². The molecule has 0 fully saturated rings. The quantitative estimate of drug-likeness (QED) is 0.501. The molecular weight excluding hydrogens is 200 g/mol. The summed E-state index contributed by atoms with van der Waals surface area (Å²) in [6.07, 6.45) is -2.36. The van der Waals surface area contributed by atoms with Crippen LogP contribution in [0.3, 0.4) is 0 Å². The zero-order valence-corrected chi connectivity index (χ0v) is 8.07. The molecule has 1 unspecified atom stereocenters. The van der Waals surface area contributed by atoms with Crippen LogP contribution in [0.2, 0.25) is 0 Å². The van der Waals surface area contributed by atoms with Crippen molar-refractivity contribution < 1.29 is 17.6 Å². The lowest BCUT2D eigenvalue weighted by atomic mass is 10.2. The van der Waals surface area contributed by atoms with Gasteiger partial charge in [0.05, 0.1) is 6.54 Å². The molecule has 0 radical (unpaired) electrons. The van der Waals surface area contributed by atoms with E-state index in [0.29, 0.717) is 6.42 Å². The van der Waals surface area contributed by atoms with Crippen molar-refractivity contribution in [2.45, 2.75) is 38.2 Å². The maximum absolute atomic E-state index is 12.3. The van der Waals surface area contributed by atoms with Gasteiger partial charge in [0.15, 0.2) is 0 Å². The summed E-state index contributed by atoms with van der Waals surface area (Å²) in [7, 11) is 0. The predicted octanol–water partition coefficient (Wildman–Crippen LogP) is 1.60. The van der Waals surface area contributed by atoms with E-state index in [9.17, 15) is 17.6 Å². The summed E-state index contributed by atoms with van der Waals surface area (Å²) in [4.78, 5) is 0. The topological polar surface area (TPSA) is 38.0 Å². The lowest BCUT2D eigenvalue weighted by Crippen LogP contribution is -2.40. The highest BCUT2D eigenvalue weighted by atomic mass is 19.3. The second-order valence-corrected chi connectivity index (χ2v) is 3.20. The number of halogens is 4. The first-order valence-corrected chi connectivity index (χ1v) is 4.52. The Bertz CT molecular complexity index is 152. The fraction of sp³-hybridized carbons (Fsp3) is 1.00. The third kappa shape index (κ3) is 5.39. The number of nitrogens with two attached hydrogens (primary N) is 1. The molecule has 6 heteroatoms. The smallest absolute Gasteiger partial charge is 0.319 e. The molecule has 0 heterocycles. The predicted molar refractivity (Wildman–Crippen MR) is 46.7 cm³/mol. The highest BCUT2D eigenvalue weighted by Crippen LogP contribution is 2.21. The molecule has 1 atom stereocenters. The second kappa shape index (κ2) is 6.19. The van der Waals surface area contributed by atoms with E-state index in [1.165, 1.54) is 0 Å². The van der Waals surface area contributed by atoms with E-state index in [-0.39, 0.29) is 12.6 Å². The number of alkyl halides is 4. The fourth-order valence-electron chi connectivity index (χ4n) is 0.824. The SMILES string of the molecule is CCC(N)CCNCC(F)(F)C(F)F. The van der Waals surface area contributed by atoms with Gasteiger partial charge in [-0.2, -0.15) is 8.78 Å². The zero-order chi connectivity index (χ0) is 11.2. The molecular formula is C8H16F4N2. The first-order valence-electron chi connectivity index (χ1n) is 4.52. The minimum absolute atomic E-state index is 0.0670. The highest BCUT2D eigenvalue weighted by Gasteiger charge is 2.39. The molecule has 0 aromatic heterocycles. The van der Waals surface area contributed by atoms with Gasteiger partial charge >= 0.3 is 12.3 Å². The second-order valence-electron chi connectivity index (χ2n) is 3.20. The molecule has 0 aromatic rings. The zero-order valence-electron chi connectivity index (χ0n) is 8.07. The summed E-state index contributed by atoms with van der Waals surface area (Å²) < 4.78 is 47.9. The van der Waals surface area contributed by atoms with Gasteiger partial charge in [-0.3, -0.25) is 0 Å². The van der Waals surface area contributed by atoms with Crippen molar-refractivity contribution in [1.29, 1.82) is 0 Å². The lowest BCUT2D eigenvalue weighted by molar-refractivity contribution is -0.125. The van der Waals surface area contributed by atoms with Crippen LogP contribution in [0, 0.1) is 0 Å². The molecule has 0 amide bonds. The van der Waals surface area contributed by atoms with Crippen LogP contribution in [-0.4, -0.2) is 31.5 Å². The van der Waals surface area contributed by atoms with Crippen LogP contribution in [0.5, 0.6) is 0 Å². The summed E-state index contributed by atoms with van der Waals surface area (Å²) in [6, 6.07) is -0.0670. The van der Waals surface area contributed by atoms with Gasteiger partial charge in [-0.15, -0.1) is 0 Å². The average molecular weight is 216 g/mol. The monoisotopic (exact) mass is 216 g/mol. The van der Waals surface area contributed by atoms with E-state index < -0.39 is 18.9 Å². The Balaban J connectivity index is 3.54. The largest absolute Gasteiger partial charge is 0.328 e. The molecule has 0 saturated heterocycles. The number of rotatable bonds is 7. The first kappa shape index (κ1) is 13.6. The van der Waals surface area contributed by atoms with Gasteiger partial charge in [0.2, 0.25) is 0 Å². The first-order chi connectivity index (χ1) is 6.40. The van der Waals surface area contributed by atoms with E-state index in [4.69, 9.17) is 5.73 Å². The Morgan fingerprint density at radius 1 is 1.36 bits per heavy atom. The molecule has 0 aliphatic heterocycles. The molecule has 0 rings (SSSR count). The van der Waals surface area contributed by atoms with Crippen LogP contribution in [-0.2, 0) is 0 Å². The fourth-order valence-corrected chi connectivity index (χ4v) is 0.824. The Hall–Kier alpha value is -0.360. The number of hydrogen-bond donors (Lipinski definition) is 2. The van der Waals surface area contributed by atoms with Crippen LogP contribution >= 0.6 is 0 Å². The summed E-state index contributed by atoms with van der Waals surface area (Å²) in [6.45, 7) is 1.11. The third-order valence-corrected chi connectivity index (χ3v) is 1.90. The van der Waals surface area contributed by atoms with Gasteiger partial charge in [0.25, 0.3) is 0 Å². The maximum Gasteiger partial charge on any atom is 0.319 e. The summed E-state index contributed by atoms with van der Waals surface area (Å²) >= 11 is 0. The Kier molecular flexibility index (Phi) is 6.03. The molecule has 86 valence electrons. The van der Waals surface area contributed by atoms with Crippen LogP contribution in [0.15, 0.2) is 0 Å². The molecule has 2 nitrogen and oxygen atoms in total. The van der Waals surface area contributed by atoms with Crippen molar-refractivity contribution in [2.24, 2.45) is 5.73 Å². The van der Waals surface area contributed by atoms with Gasteiger partial charge in [-0.25, -0.2) is 8.78 Å². The van der Waals surface area contributed by atoms with Gasteiger partial charge in [0, 0.05) is 6.04 Å². The highest BCUT2D eigenvalue weighted by molar-refractivity contribution is 4.72. The van der Waals surface area contributed by atoms with Crippen molar-refractivity contribution in [2.75, 3.05) is 13.1 Å². The van der Waals surface area contributed by atoms with Crippen LogP contribution < -0.4 is 11.1 Å². The van der Waals surface area contributed by atoms with Gasteiger partial charge in [-0.05, 0) is 19.4 Å². The van der Waals surface area contributed by atoms with Gasteiger partial charge in [0.1, 0.15) is 0 Å². The minimum atomic E-state index is -3.95. The van der Waals surface area contributed by atoms with Crippen molar-refractivity contribution in [3.8, 4) is 0 Å². The molecule has 14 heavy (non-hydrogen) atoms. The lowest BCUT2D eigenvalue weighted by Gasteiger charge is -2.16. The Labute approximate surface area is 80.8 Å². The van der Waals surface area contributed by atoms with Gasteiger partial charge < -0.3 is 11.1 Å². The Morgan fingerprint density at radius 3 is 2.36 bits per heavy atom. The van der Waals surface area contributed by atoms with Crippen molar-refractivity contribution in [1.82, 2.24) is 5.32 Å². The average Bonchev–Trinajstić information content (AvgIpc) is 2.11. The summed E-state index contributed by atoms with van der Waals surface area (Å²) in [5, 5.41) is 2.26. The molecule has 0 aliphatic rings. The molecule has 0 saturated carbocycles. The number of hydrogen-bond acceptors (Lipinski definition) is 2. The van der Waals surface area contributed by atoms with E-state index >= 15 is 0 Å². The normalized spacial score (nSPS) is 14.8. The van der Waals surface area contributed by atoms with Crippen LogP contribution in [0.1, 0.15) is 19.8 Å². The van der Waals surface area contributed by atoms with Gasteiger partial charge in [-0.1, -0.05) is 6.92 Å². The standard InChI is InChI=1S/C8H16F4N2/c1-2-6(13)3-4-14-5-8(11,12)7(9)10/h6-7,14H,2-5,13H2,1H3. The summed E-state index contributed by atoms with van der Waals surface area (Å²) in [5.41, 5.74) is 5.51. The minimum Gasteiger partial charge on any atom is -0.328 e. The third-order valence-electron chi connectivity index (χ3n) is 1.90. The Morgan fingerprint density at radius 2 is 1.93 bits per heavy atom. The van der Waals surface area contributed by atoms with Crippen LogP contribution in [0.4, 0.5) is 17.6 Å². The maximum atomic E-state index is 12.3. The van der Waals surface area contributed by atoms with Crippen molar-refractivity contribution in [3.63, 3.8) is 0 Å².